The molecule has 0 unspecified atom stereocenters. The maximum Gasteiger partial charge on any atom is 0.0736 e. The Morgan fingerprint density at radius 1 is 0.952 bits per heavy atom. The van der Waals surface area contributed by atoms with E-state index < -0.39 is 0 Å². The maximum atomic E-state index is 6.37. The summed E-state index contributed by atoms with van der Waals surface area (Å²) < 4.78 is 0. The maximum absolute atomic E-state index is 6.37. The van der Waals surface area contributed by atoms with E-state index in [2.05, 4.69) is 41.4 Å². The highest BCUT2D eigenvalue weighted by Crippen LogP contribution is 2.45. The van der Waals surface area contributed by atoms with E-state index in [4.69, 9.17) is 11.6 Å². The van der Waals surface area contributed by atoms with E-state index >= 15 is 0 Å². The molecule has 1 aromatic carbocycles. The zero-order valence-corrected chi connectivity index (χ0v) is 13.5. The van der Waals surface area contributed by atoms with Gasteiger partial charge in [-0.2, -0.15) is 10.2 Å². The van der Waals surface area contributed by atoms with Crippen molar-refractivity contribution in [3.63, 3.8) is 0 Å². The molecular weight excluding hydrogens is 280 g/mol. The van der Waals surface area contributed by atoms with Crippen LogP contribution >= 0.6 is 11.6 Å². The second kappa shape index (κ2) is 5.76. The third kappa shape index (κ3) is 2.57. The summed E-state index contributed by atoms with van der Waals surface area (Å²) in [6.07, 6.45) is 6.04. The molecule has 1 aliphatic carbocycles. The first-order chi connectivity index (χ1) is 10.1. The van der Waals surface area contributed by atoms with Crippen LogP contribution in [0.5, 0.6) is 0 Å². The molecule has 2 nitrogen and oxygen atoms in total. The highest BCUT2D eigenvalue weighted by atomic mass is 35.5. The van der Waals surface area contributed by atoms with Gasteiger partial charge in [0.25, 0.3) is 0 Å². The largest absolute Gasteiger partial charge is 0.156 e. The van der Waals surface area contributed by atoms with Gasteiger partial charge in [0.1, 0.15) is 0 Å². The number of aromatic nitrogens is 2. The third-order valence-electron chi connectivity index (χ3n) is 4.78. The van der Waals surface area contributed by atoms with Gasteiger partial charge in [-0.25, -0.2) is 0 Å². The summed E-state index contributed by atoms with van der Waals surface area (Å²) in [5, 5.41) is 9.67. The molecule has 1 heterocycles. The Kier molecular flexibility index (Phi) is 3.99. The van der Waals surface area contributed by atoms with Crippen LogP contribution in [0, 0.1) is 13.8 Å². The van der Waals surface area contributed by atoms with Crippen molar-refractivity contribution in [2.75, 3.05) is 0 Å². The van der Waals surface area contributed by atoms with Crippen LogP contribution in [0.3, 0.4) is 0 Å². The zero-order chi connectivity index (χ0) is 14.9. The fourth-order valence-electron chi connectivity index (χ4n) is 3.60. The molecule has 0 radical (unpaired) electrons. The Hall–Kier alpha value is -1.41. The van der Waals surface area contributed by atoms with E-state index in [9.17, 15) is 0 Å². The van der Waals surface area contributed by atoms with Crippen molar-refractivity contribution in [2.45, 2.75) is 51.4 Å². The summed E-state index contributed by atoms with van der Waals surface area (Å²) in [5.41, 5.74) is 4.55. The molecule has 1 aliphatic rings. The monoisotopic (exact) mass is 300 g/mol. The Morgan fingerprint density at radius 2 is 1.71 bits per heavy atom. The van der Waals surface area contributed by atoms with Crippen LogP contribution in [-0.2, 0) is 5.41 Å². The molecule has 0 bridgehead atoms. The first-order valence-electron chi connectivity index (χ1n) is 7.70. The van der Waals surface area contributed by atoms with Crippen molar-refractivity contribution in [3.05, 3.63) is 57.9 Å². The second-order valence-corrected chi connectivity index (χ2v) is 6.52. The summed E-state index contributed by atoms with van der Waals surface area (Å²) >= 11 is 6.37. The normalized spacial score (nSPS) is 17.7. The third-order valence-corrected chi connectivity index (χ3v) is 5.19. The van der Waals surface area contributed by atoms with E-state index in [0.717, 1.165) is 29.3 Å². The standard InChI is InChI=1S/C18H21ClN2/c1-13-9-10-17(21-20-13)18(11-4-3-5-12-18)15-7-6-8-16(19)14(15)2/h6-10H,3-5,11-12H2,1-2H3. The van der Waals surface area contributed by atoms with Crippen LogP contribution in [0.2, 0.25) is 5.02 Å². The van der Waals surface area contributed by atoms with E-state index in [1.807, 2.05) is 13.0 Å². The fraction of sp³-hybridized carbons (Fsp3) is 0.444. The van der Waals surface area contributed by atoms with Crippen molar-refractivity contribution in [3.8, 4) is 0 Å². The average Bonchev–Trinajstić information content (AvgIpc) is 2.51. The summed E-state index contributed by atoms with van der Waals surface area (Å²) in [6, 6.07) is 10.5. The molecule has 0 amide bonds. The fourth-order valence-corrected chi connectivity index (χ4v) is 3.77. The molecule has 0 N–H and O–H groups in total. The van der Waals surface area contributed by atoms with Gasteiger partial charge in [-0.1, -0.05) is 43.0 Å². The molecule has 1 saturated carbocycles. The second-order valence-electron chi connectivity index (χ2n) is 6.12. The number of rotatable bonds is 2. The summed E-state index contributed by atoms with van der Waals surface area (Å²) in [7, 11) is 0. The molecule has 1 fully saturated rings. The average molecular weight is 301 g/mol. The SMILES string of the molecule is Cc1ccc(C2(c3cccc(Cl)c3C)CCCCC2)nn1. The predicted octanol–water partition coefficient (Wildman–Crippen LogP) is 5.00. The Labute approximate surface area is 131 Å². The quantitative estimate of drug-likeness (QED) is 0.780. The molecule has 0 spiro atoms. The Balaban J connectivity index is 2.17. The van der Waals surface area contributed by atoms with Gasteiger partial charge in [0.15, 0.2) is 0 Å². The van der Waals surface area contributed by atoms with Crippen LogP contribution in [0.1, 0.15) is 54.6 Å². The number of aryl methyl sites for hydroxylation is 1. The minimum atomic E-state index is -0.0199. The molecule has 0 saturated heterocycles. The lowest BCUT2D eigenvalue weighted by Crippen LogP contribution is -2.32. The highest BCUT2D eigenvalue weighted by molar-refractivity contribution is 6.31. The molecule has 3 rings (SSSR count). The number of halogens is 1. The van der Waals surface area contributed by atoms with Gasteiger partial charge in [0, 0.05) is 10.4 Å². The zero-order valence-electron chi connectivity index (χ0n) is 12.7. The summed E-state index contributed by atoms with van der Waals surface area (Å²) in [6.45, 7) is 4.10. The van der Waals surface area contributed by atoms with Gasteiger partial charge in [0.05, 0.1) is 11.4 Å². The lowest BCUT2D eigenvalue weighted by Gasteiger charge is -2.38. The molecule has 0 atom stereocenters. The number of hydrogen-bond acceptors (Lipinski definition) is 2. The number of hydrogen-bond donors (Lipinski definition) is 0. The smallest absolute Gasteiger partial charge is 0.0736 e. The van der Waals surface area contributed by atoms with Gasteiger partial charge >= 0.3 is 0 Å². The molecule has 2 aromatic rings. The van der Waals surface area contributed by atoms with Crippen LogP contribution in [0.15, 0.2) is 30.3 Å². The van der Waals surface area contributed by atoms with Gasteiger partial charge in [-0.05, 0) is 56.0 Å². The van der Waals surface area contributed by atoms with Crippen molar-refractivity contribution < 1.29 is 0 Å². The van der Waals surface area contributed by atoms with E-state index in [1.165, 1.54) is 30.4 Å². The van der Waals surface area contributed by atoms with Gasteiger partial charge in [0.2, 0.25) is 0 Å². The molecule has 21 heavy (non-hydrogen) atoms. The topological polar surface area (TPSA) is 25.8 Å². The van der Waals surface area contributed by atoms with Crippen LogP contribution in [0.25, 0.3) is 0 Å². The molecule has 3 heteroatoms. The molecular formula is C18H21ClN2. The number of nitrogens with zero attached hydrogens (tertiary/aromatic N) is 2. The Bertz CT molecular complexity index is 628. The van der Waals surface area contributed by atoms with Crippen molar-refractivity contribution >= 4 is 11.6 Å². The van der Waals surface area contributed by atoms with Crippen LogP contribution in [0.4, 0.5) is 0 Å². The molecule has 1 aromatic heterocycles. The van der Waals surface area contributed by atoms with Crippen molar-refractivity contribution in [1.29, 1.82) is 0 Å². The molecule has 0 aliphatic heterocycles. The lowest BCUT2D eigenvalue weighted by molar-refractivity contribution is 0.335. The van der Waals surface area contributed by atoms with Gasteiger partial charge in [-0.15, -0.1) is 0 Å². The summed E-state index contributed by atoms with van der Waals surface area (Å²) in [5.74, 6) is 0. The van der Waals surface area contributed by atoms with E-state index in [1.54, 1.807) is 0 Å². The minimum Gasteiger partial charge on any atom is -0.156 e. The van der Waals surface area contributed by atoms with Crippen LogP contribution in [-0.4, -0.2) is 10.2 Å². The first-order valence-corrected chi connectivity index (χ1v) is 8.08. The van der Waals surface area contributed by atoms with Crippen molar-refractivity contribution in [1.82, 2.24) is 10.2 Å². The predicted molar refractivity (Wildman–Crippen MR) is 86.8 cm³/mol. The molecule has 110 valence electrons. The first kappa shape index (κ1) is 14.5. The minimum absolute atomic E-state index is 0.0199. The highest BCUT2D eigenvalue weighted by Gasteiger charge is 2.38. The van der Waals surface area contributed by atoms with E-state index in [-0.39, 0.29) is 5.41 Å². The Morgan fingerprint density at radius 3 is 2.38 bits per heavy atom. The van der Waals surface area contributed by atoms with E-state index in [0.29, 0.717) is 0 Å². The van der Waals surface area contributed by atoms with Crippen LogP contribution < -0.4 is 0 Å². The number of benzene rings is 1. The summed E-state index contributed by atoms with van der Waals surface area (Å²) in [4.78, 5) is 0. The lowest BCUT2D eigenvalue weighted by atomic mass is 9.66. The van der Waals surface area contributed by atoms with Crippen molar-refractivity contribution in [2.24, 2.45) is 0 Å². The van der Waals surface area contributed by atoms with Gasteiger partial charge < -0.3 is 0 Å². The van der Waals surface area contributed by atoms with Gasteiger partial charge in [-0.3, -0.25) is 0 Å².